The van der Waals surface area contributed by atoms with Gasteiger partial charge in [-0.25, -0.2) is 0 Å². The highest BCUT2D eigenvalue weighted by atomic mass is 35.5. The highest BCUT2D eigenvalue weighted by molar-refractivity contribution is 5.96. The maximum Gasteiger partial charge on any atom is 0.164 e. The number of ketones is 1. The molecule has 1 aliphatic carbocycles. The molecule has 25 heavy (non-hydrogen) atoms. The van der Waals surface area contributed by atoms with Crippen LogP contribution in [0.1, 0.15) is 86.6 Å². The van der Waals surface area contributed by atoms with Crippen molar-refractivity contribution in [1.29, 1.82) is 0 Å². The predicted molar refractivity (Wildman–Crippen MR) is 110 cm³/mol. The van der Waals surface area contributed by atoms with Crippen LogP contribution in [0.5, 0.6) is 0 Å². The van der Waals surface area contributed by atoms with E-state index in [1.54, 1.807) is 0 Å². The van der Waals surface area contributed by atoms with Crippen LogP contribution in [0, 0.1) is 5.92 Å². The van der Waals surface area contributed by atoms with Crippen LogP contribution in [0.15, 0.2) is 24.3 Å². The molecule has 0 heterocycles. The Hall–Kier alpha value is -0.860. The number of nitrogens with zero attached hydrogens (tertiary/aromatic N) is 1. The van der Waals surface area contributed by atoms with E-state index < -0.39 is 0 Å². The topological polar surface area (TPSA) is 20.3 Å². The van der Waals surface area contributed by atoms with E-state index >= 15 is 0 Å². The van der Waals surface area contributed by atoms with E-state index in [1.807, 2.05) is 26.2 Å². The summed E-state index contributed by atoms with van der Waals surface area (Å²) in [4.78, 5) is 14.2. The van der Waals surface area contributed by atoms with Gasteiger partial charge in [-0.05, 0) is 57.2 Å². The molecule has 0 aromatic heterocycles. The van der Waals surface area contributed by atoms with Crippen molar-refractivity contribution >= 4 is 18.2 Å². The molecule has 0 amide bonds. The van der Waals surface area contributed by atoms with Crippen molar-refractivity contribution in [1.82, 2.24) is 4.90 Å². The molecule has 0 atom stereocenters. The molecule has 0 saturated heterocycles. The lowest BCUT2D eigenvalue weighted by molar-refractivity contribution is 0.0972. The van der Waals surface area contributed by atoms with Crippen LogP contribution < -0.4 is 0 Å². The second-order valence-corrected chi connectivity index (χ2v) is 7.81. The Morgan fingerprint density at radius 2 is 1.68 bits per heavy atom. The minimum Gasteiger partial charge on any atom is -0.309 e. The van der Waals surface area contributed by atoms with Crippen LogP contribution in [0.2, 0.25) is 0 Å². The van der Waals surface area contributed by atoms with Crippen molar-refractivity contribution in [3.63, 3.8) is 0 Å². The lowest BCUT2D eigenvalue weighted by Crippen LogP contribution is -2.17. The Balaban J connectivity index is 0.00000312. The van der Waals surface area contributed by atoms with E-state index in [1.165, 1.54) is 56.9 Å². The molecule has 1 fully saturated rings. The van der Waals surface area contributed by atoms with Crippen molar-refractivity contribution in [2.45, 2.75) is 70.6 Å². The van der Waals surface area contributed by atoms with Gasteiger partial charge in [-0.3, -0.25) is 4.79 Å². The van der Waals surface area contributed by atoms with E-state index in [0.29, 0.717) is 12.3 Å². The van der Waals surface area contributed by atoms with Gasteiger partial charge in [0.15, 0.2) is 5.78 Å². The predicted octanol–water partition coefficient (Wildman–Crippen LogP) is 6.10. The van der Waals surface area contributed by atoms with Gasteiger partial charge in [-0.2, -0.15) is 0 Å². The van der Waals surface area contributed by atoms with Gasteiger partial charge >= 0.3 is 0 Å². The molecule has 0 N–H and O–H groups in total. The van der Waals surface area contributed by atoms with E-state index in [-0.39, 0.29) is 18.2 Å². The molecular weight excluding hydrogens is 330 g/mol. The van der Waals surface area contributed by atoms with Gasteiger partial charge in [0.25, 0.3) is 0 Å². The zero-order valence-electron chi connectivity index (χ0n) is 16.3. The first-order valence-corrected chi connectivity index (χ1v) is 9.88. The van der Waals surface area contributed by atoms with Crippen LogP contribution in [0.25, 0.3) is 0 Å². The van der Waals surface area contributed by atoms with Crippen molar-refractivity contribution in [3.05, 3.63) is 35.4 Å². The SMILES string of the molecule is CCCCCC1CCC(c2ccc(C(=O)CCN(C)C)cc2)CC1.Cl. The van der Waals surface area contributed by atoms with Gasteiger partial charge in [-0.15, -0.1) is 12.4 Å². The minimum atomic E-state index is 0. The summed E-state index contributed by atoms with van der Waals surface area (Å²) in [7, 11) is 4.02. The Morgan fingerprint density at radius 3 is 2.24 bits per heavy atom. The van der Waals surface area contributed by atoms with Gasteiger partial charge in [-0.1, -0.05) is 56.9 Å². The summed E-state index contributed by atoms with van der Waals surface area (Å²) in [6, 6.07) is 8.48. The Labute approximate surface area is 160 Å². The van der Waals surface area contributed by atoms with Crippen LogP contribution in [-0.2, 0) is 0 Å². The zero-order valence-corrected chi connectivity index (χ0v) is 17.1. The molecule has 1 saturated carbocycles. The quantitative estimate of drug-likeness (QED) is 0.389. The van der Waals surface area contributed by atoms with Crippen molar-refractivity contribution in [2.24, 2.45) is 5.92 Å². The molecule has 0 bridgehead atoms. The normalized spacial score (nSPS) is 20.3. The van der Waals surface area contributed by atoms with Gasteiger partial charge in [0.05, 0.1) is 0 Å². The second-order valence-electron chi connectivity index (χ2n) is 7.81. The lowest BCUT2D eigenvalue weighted by Gasteiger charge is -2.29. The molecule has 142 valence electrons. The Morgan fingerprint density at radius 1 is 1.04 bits per heavy atom. The van der Waals surface area contributed by atoms with Crippen molar-refractivity contribution in [2.75, 3.05) is 20.6 Å². The molecule has 0 unspecified atom stereocenters. The number of carbonyl (C=O) groups excluding carboxylic acids is 1. The van der Waals surface area contributed by atoms with Gasteiger partial charge in [0.1, 0.15) is 0 Å². The third-order valence-electron chi connectivity index (χ3n) is 5.55. The molecule has 2 nitrogen and oxygen atoms in total. The third-order valence-corrected chi connectivity index (χ3v) is 5.55. The van der Waals surface area contributed by atoms with Crippen LogP contribution in [0.3, 0.4) is 0 Å². The summed E-state index contributed by atoms with van der Waals surface area (Å²) >= 11 is 0. The van der Waals surface area contributed by atoms with Crippen molar-refractivity contribution < 1.29 is 4.79 Å². The Kier molecular flexibility index (Phi) is 10.4. The molecular formula is C22H36ClNO. The number of benzene rings is 1. The maximum absolute atomic E-state index is 12.2. The first kappa shape index (κ1) is 22.2. The summed E-state index contributed by atoms with van der Waals surface area (Å²) in [5.74, 6) is 1.92. The second kappa shape index (κ2) is 11.7. The molecule has 0 spiro atoms. The number of hydrogen-bond acceptors (Lipinski definition) is 2. The summed E-state index contributed by atoms with van der Waals surface area (Å²) in [5.41, 5.74) is 2.31. The molecule has 1 aliphatic rings. The highest BCUT2D eigenvalue weighted by Crippen LogP contribution is 2.37. The average Bonchev–Trinajstić information content (AvgIpc) is 2.60. The highest BCUT2D eigenvalue weighted by Gasteiger charge is 2.22. The number of Topliss-reactive ketones (excluding diaryl/α,β-unsaturated/α-hetero) is 1. The first-order valence-electron chi connectivity index (χ1n) is 9.88. The number of unbranched alkanes of at least 4 members (excludes halogenated alkanes) is 2. The van der Waals surface area contributed by atoms with E-state index in [4.69, 9.17) is 0 Å². The maximum atomic E-state index is 12.2. The fourth-order valence-corrected chi connectivity index (χ4v) is 3.88. The number of rotatable bonds is 9. The van der Waals surface area contributed by atoms with Gasteiger partial charge in [0, 0.05) is 18.5 Å². The van der Waals surface area contributed by atoms with Crippen LogP contribution >= 0.6 is 12.4 Å². The molecule has 2 rings (SSSR count). The molecule has 3 heteroatoms. The third kappa shape index (κ3) is 7.50. The zero-order chi connectivity index (χ0) is 17.4. The van der Waals surface area contributed by atoms with Gasteiger partial charge in [0.2, 0.25) is 0 Å². The molecule has 1 aromatic rings. The summed E-state index contributed by atoms with van der Waals surface area (Å²) < 4.78 is 0. The Bertz CT molecular complexity index is 489. The molecule has 0 aliphatic heterocycles. The van der Waals surface area contributed by atoms with Crippen LogP contribution in [0.4, 0.5) is 0 Å². The molecule has 1 aromatic carbocycles. The summed E-state index contributed by atoms with van der Waals surface area (Å²) in [6.45, 7) is 3.11. The summed E-state index contributed by atoms with van der Waals surface area (Å²) in [5, 5.41) is 0. The average molecular weight is 366 g/mol. The van der Waals surface area contributed by atoms with Gasteiger partial charge < -0.3 is 4.90 Å². The largest absolute Gasteiger partial charge is 0.309 e. The van der Waals surface area contributed by atoms with Crippen LogP contribution in [-0.4, -0.2) is 31.3 Å². The fraction of sp³-hybridized carbons (Fsp3) is 0.682. The lowest BCUT2D eigenvalue weighted by atomic mass is 9.77. The number of hydrogen-bond donors (Lipinski definition) is 0. The van der Waals surface area contributed by atoms with E-state index in [9.17, 15) is 4.79 Å². The summed E-state index contributed by atoms with van der Waals surface area (Å²) in [6.07, 6.45) is 11.6. The standard InChI is InChI=1S/C22H35NO.ClH/c1-4-5-6-7-18-8-10-19(11-9-18)20-12-14-21(15-13-20)22(24)16-17-23(2)3;/h12-15,18-19H,4-11,16-17H2,1-3H3;1H. The number of halogens is 1. The van der Waals surface area contributed by atoms with E-state index in [0.717, 1.165) is 18.0 Å². The molecule has 0 radical (unpaired) electrons. The monoisotopic (exact) mass is 365 g/mol. The van der Waals surface area contributed by atoms with Crippen molar-refractivity contribution in [3.8, 4) is 0 Å². The number of carbonyl (C=O) groups is 1. The smallest absolute Gasteiger partial charge is 0.164 e. The minimum absolute atomic E-state index is 0. The van der Waals surface area contributed by atoms with E-state index in [2.05, 4.69) is 24.0 Å². The fourth-order valence-electron chi connectivity index (χ4n) is 3.88. The first-order chi connectivity index (χ1) is 11.6.